The summed E-state index contributed by atoms with van der Waals surface area (Å²) in [5, 5.41) is 9.42. The molecular formula is C26H26N4O. The molecule has 0 N–H and O–H groups in total. The molecule has 1 saturated heterocycles. The van der Waals surface area contributed by atoms with Crippen molar-refractivity contribution in [1.29, 1.82) is 5.26 Å². The summed E-state index contributed by atoms with van der Waals surface area (Å²) in [7, 11) is 1.68. The molecule has 0 bridgehead atoms. The SMILES string of the molecule is COc1ccc(CC2CN(Cc3ccccc3)C(=NC#N)N2Cc2ccccc2)cc1. The molecule has 0 aromatic heterocycles. The van der Waals surface area contributed by atoms with E-state index < -0.39 is 0 Å². The van der Waals surface area contributed by atoms with Crippen molar-refractivity contribution in [1.82, 2.24) is 9.80 Å². The Morgan fingerprint density at radius 3 is 2.06 bits per heavy atom. The number of aliphatic imine (C=N–C) groups is 1. The van der Waals surface area contributed by atoms with E-state index in [9.17, 15) is 5.26 Å². The second-order valence-corrected chi connectivity index (χ2v) is 7.70. The summed E-state index contributed by atoms with van der Waals surface area (Å²) in [6.45, 7) is 2.26. The van der Waals surface area contributed by atoms with Gasteiger partial charge >= 0.3 is 0 Å². The first kappa shape index (κ1) is 20.5. The number of hydrogen-bond donors (Lipinski definition) is 0. The molecular weight excluding hydrogens is 384 g/mol. The monoisotopic (exact) mass is 410 g/mol. The number of methoxy groups -OCH3 is 1. The van der Waals surface area contributed by atoms with Gasteiger partial charge in [0, 0.05) is 19.6 Å². The van der Waals surface area contributed by atoms with E-state index in [-0.39, 0.29) is 6.04 Å². The lowest BCUT2D eigenvalue weighted by molar-refractivity contribution is 0.332. The highest BCUT2D eigenvalue weighted by molar-refractivity contribution is 5.83. The molecule has 5 nitrogen and oxygen atoms in total. The van der Waals surface area contributed by atoms with Crippen molar-refractivity contribution in [2.24, 2.45) is 4.99 Å². The van der Waals surface area contributed by atoms with E-state index in [1.807, 2.05) is 54.7 Å². The minimum atomic E-state index is 0.212. The van der Waals surface area contributed by atoms with E-state index in [1.165, 1.54) is 16.7 Å². The van der Waals surface area contributed by atoms with Crippen LogP contribution in [0.25, 0.3) is 0 Å². The van der Waals surface area contributed by atoms with Crippen LogP contribution in [0.2, 0.25) is 0 Å². The zero-order valence-corrected chi connectivity index (χ0v) is 17.7. The van der Waals surface area contributed by atoms with Gasteiger partial charge in [-0.15, -0.1) is 4.99 Å². The number of benzene rings is 3. The fraction of sp³-hybridized carbons (Fsp3) is 0.231. The van der Waals surface area contributed by atoms with Gasteiger partial charge in [-0.05, 0) is 35.2 Å². The third kappa shape index (κ3) is 5.04. The van der Waals surface area contributed by atoms with E-state index in [2.05, 4.69) is 51.2 Å². The molecule has 1 heterocycles. The highest BCUT2D eigenvalue weighted by atomic mass is 16.5. The van der Waals surface area contributed by atoms with Crippen molar-refractivity contribution in [3.63, 3.8) is 0 Å². The fourth-order valence-corrected chi connectivity index (χ4v) is 4.09. The molecule has 1 unspecified atom stereocenters. The van der Waals surface area contributed by atoms with Crippen molar-refractivity contribution in [2.45, 2.75) is 25.6 Å². The Labute approximate surface area is 183 Å². The van der Waals surface area contributed by atoms with Crippen LogP contribution in [0.3, 0.4) is 0 Å². The topological polar surface area (TPSA) is 51.9 Å². The van der Waals surface area contributed by atoms with E-state index in [0.29, 0.717) is 6.54 Å². The summed E-state index contributed by atoms with van der Waals surface area (Å²) in [5.74, 6) is 1.60. The quantitative estimate of drug-likeness (QED) is 0.540. The van der Waals surface area contributed by atoms with Crippen LogP contribution in [0, 0.1) is 11.5 Å². The molecule has 0 radical (unpaired) electrons. The lowest BCUT2D eigenvalue weighted by Crippen LogP contribution is -2.36. The van der Waals surface area contributed by atoms with Crippen LogP contribution in [0.5, 0.6) is 5.75 Å². The van der Waals surface area contributed by atoms with Gasteiger partial charge in [-0.1, -0.05) is 72.8 Å². The molecule has 1 aliphatic heterocycles. The van der Waals surface area contributed by atoms with Crippen LogP contribution in [-0.4, -0.2) is 35.5 Å². The third-order valence-electron chi connectivity index (χ3n) is 5.60. The summed E-state index contributed by atoms with van der Waals surface area (Å²) in [5.41, 5.74) is 3.65. The molecule has 156 valence electrons. The maximum absolute atomic E-state index is 9.42. The molecule has 3 aromatic rings. The van der Waals surface area contributed by atoms with E-state index in [4.69, 9.17) is 4.74 Å². The Bertz CT molecular complexity index is 1040. The predicted octanol–water partition coefficient (Wildman–Crippen LogP) is 4.46. The number of guanidine groups is 1. The summed E-state index contributed by atoms with van der Waals surface area (Å²) >= 11 is 0. The van der Waals surface area contributed by atoms with Crippen molar-refractivity contribution < 1.29 is 4.74 Å². The van der Waals surface area contributed by atoms with Gasteiger partial charge in [-0.25, -0.2) is 0 Å². The van der Waals surface area contributed by atoms with Crippen molar-refractivity contribution in [3.8, 4) is 11.9 Å². The number of nitriles is 1. The Morgan fingerprint density at radius 2 is 1.48 bits per heavy atom. The van der Waals surface area contributed by atoms with Gasteiger partial charge in [0.15, 0.2) is 0 Å². The second-order valence-electron chi connectivity index (χ2n) is 7.70. The number of nitrogens with zero attached hydrogens (tertiary/aromatic N) is 4. The fourth-order valence-electron chi connectivity index (χ4n) is 4.09. The Kier molecular flexibility index (Phi) is 6.49. The molecule has 0 spiro atoms. The molecule has 0 amide bonds. The molecule has 4 rings (SSSR count). The molecule has 0 aliphatic carbocycles. The van der Waals surface area contributed by atoms with Crippen molar-refractivity contribution in [2.75, 3.05) is 13.7 Å². The van der Waals surface area contributed by atoms with Crippen LogP contribution >= 0.6 is 0 Å². The summed E-state index contributed by atoms with van der Waals surface area (Å²) < 4.78 is 5.30. The van der Waals surface area contributed by atoms with Crippen LogP contribution in [0.15, 0.2) is 89.9 Å². The van der Waals surface area contributed by atoms with Gasteiger partial charge in [0.05, 0.1) is 13.2 Å². The van der Waals surface area contributed by atoms with Gasteiger partial charge in [0.1, 0.15) is 5.75 Å². The summed E-state index contributed by atoms with van der Waals surface area (Å²) in [6, 6.07) is 29.1. The molecule has 0 saturated carbocycles. The minimum absolute atomic E-state index is 0.212. The van der Waals surface area contributed by atoms with E-state index >= 15 is 0 Å². The lowest BCUT2D eigenvalue weighted by Gasteiger charge is -2.26. The van der Waals surface area contributed by atoms with Gasteiger partial charge in [0.2, 0.25) is 12.2 Å². The predicted molar refractivity (Wildman–Crippen MR) is 122 cm³/mol. The largest absolute Gasteiger partial charge is 0.497 e. The van der Waals surface area contributed by atoms with Crippen LogP contribution in [-0.2, 0) is 19.5 Å². The molecule has 5 heteroatoms. The standard InChI is InChI=1S/C26H26N4O/c1-31-25-14-12-21(13-15-25)16-24-19-29(17-22-8-4-2-5-9-22)26(28-20-27)30(24)18-23-10-6-3-7-11-23/h2-15,24H,16-19H2,1H3. The number of hydrogen-bond acceptors (Lipinski definition) is 3. The van der Waals surface area contributed by atoms with Crippen LogP contribution < -0.4 is 4.74 Å². The molecule has 1 fully saturated rings. The zero-order chi connectivity index (χ0) is 21.5. The first-order valence-corrected chi connectivity index (χ1v) is 10.5. The van der Waals surface area contributed by atoms with Gasteiger partial charge < -0.3 is 14.5 Å². The normalized spacial score (nSPS) is 17.0. The first-order valence-electron chi connectivity index (χ1n) is 10.5. The summed E-state index contributed by atoms with van der Waals surface area (Å²) in [4.78, 5) is 8.74. The first-order chi connectivity index (χ1) is 15.3. The summed E-state index contributed by atoms with van der Waals surface area (Å²) in [6.07, 6.45) is 2.90. The molecule has 3 aromatic carbocycles. The highest BCUT2D eigenvalue weighted by Crippen LogP contribution is 2.25. The Hall–Kier alpha value is -3.78. The van der Waals surface area contributed by atoms with Gasteiger partial charge in [-0.2, -0.15) is 5.26 Å². The van der Waals surface area contributed by atoms with Gasteiger partial charge in [-0.3, -0.25) is 0 Å². The van der Waals surface area contributed by atoms with Gasteiger partial charge in [0.25, 0.3) is 0 Å². The Balaban J connectivity index is 1.62. The van der Waals surface area contributed by atoms with Crippen molar-refractivity contribution in [3.05, 3.63) is 102 Å². The van der Waals surface area contributed by atoms with E-state index in [1.54, 1.807) is 7.11 Å². The lowest BCUT2D eigenvalue weighted by atomic mass is 10.0. The molecule has 1 atom stereocenters. The Morgan fingerprint density at radius 1 is 0.871 bits per heavy atom. The second kappa shape index (κ2) is 9.82. The van der Waals surface area contributed by atoms with Crippen LogP contribution in [0.4, 0.5) is 0 Å². The average molecular weight is 411 g/mol. The molecule has 1 aliphatic rings. The highest BCUT2D eigenvalue weighted by Gasteiger charge is 2.35. The van der Waals surface area contributed by atoms with Crippen molar-refractivity contribution >= 4 is 5.96 Å². The average Bonchev–Trinajstić information content (AvgIpc) is 3.11. The van der Waals surface area contributed by atoms with Crippen LogP contribution in [0.1, 0.15) is 16.7 Å². The maximum atomic E-state index is 9.42. The number of rotatable bonds is 7. The molecule has 31 heavy (non-hydrogen) atoms. The van der Waals surface area contributed by atoms with E-state index in [0.717, 1.165) is 31.2 Å². The number of ether oxygens (including phenoxy) is 1. The third-order valence-corrected chi connectivity index (χ3v) is 5.60. The minimum Gasteiger partial charge on any atom is -0.497 e. The zero-order valence-electron chi connectivity index (χ0n) is 17.7. The smallest absolute Gasteiger partial charge is 0.213 e. The maximum Gasteiger partial charge on any atom is 0.213 e.